The number of anilines is 1. The van der Waals surface area contributed by atoms with Crippen molar-refractivity contribution in [3.05, 3.63) is 72.2 Å². The highest BCUT2D eigenvalue weighted by atomic mass is 32.2. The maximum atomic E-state index is 14.3. The second-order valence-electron chi connectivity index (χ2n) is 12.0. The molecule has 2 N–H and O–H groups in total. The van der Waals surface area contributed by atoms with Crippen LogP contribution >= 0.6 is 0 Å². The van der Waals surface area contributed by atoms with E-state index in [2.05, 4.69) is 10.3 Å². The van der Waals surface area contributed by atoms with Crippen molar-refractivity contribution in [1.29, 1.82) is 0 Å². The Labute approximate surface area is 271 Å². The lowest BCUT2D eigenvalue weighted by Gasteiger charge is -2.35. The zero-order chi connectivity index (χ0) is 33.4. The fraction of sp³-hybridized carbons (Fsp3) is 0.485. The number of fused-ring (bicyclic) bond motifs is 1. The first-order chi connectivity index (χ1) is 21.9. The molecule has 0 radical (unpaired) electrons. The summed E-state index contributed by atoms with van der Waals surface area (Å²) in [7, 11) is -0.687. The first-order valence-electron chi connectivity index (χ1n) is 15.6. The molecule has 1 aromatic heterocycles. The van der Waals surface area contributed by atoms with Gasteiger partial charge in [-0.15, -0.1) is 0 Å². The summed E-state index contributed by atoms with van der Waals surface area (Å²) in [6.07, 6.45) is 4.35. The van der Waals surface area contributed by atoms with E-state index in [1.165, 1.54) is 23.9 Å². The quantitative estimate of drug-likeness (QED) is 0.373. The third-order valence-corrected chi connectivity index (χ3v) is 9.85. The number of sulfonamides is 1. The number of rotatable bonds is 8. The largest absolute Gasteiger partial charge is 0.490 e. The van der Waals surface area contributed by atoms with Crippen LogP contribution in [0, 0.1) is 5.92 Å². The Morgan fingerprint density at radius 3 is 2.59 bits per heavy atom. The lowest BCUT2D eigenvalue weighted by Crippen LogP contribution is -2.48. The molecule has 46 heavy (non-hydrogen) atoms. The number of aromatic nitrogens is 2. The molecular weight excluding hydrogens is 610 g/mol. The Bertz CT molecular complexity index is 1580. The second kappa shape index (κ2) is 15.7. The molecule has 0 fully saturated rings. The van der Waals surface area contributed by atoms with E-state index in [0.717, 1.165) is 12.8 Å². The number of hydrogen-bond donors (Lipinski definition) is 2. The minimum Gasteiger partial charge on any atom is -0.490 e. The van der Waals surface area contributed by atoms with E-state index in [1.54, 1.807) is 65.9 Å². The molecule has 2 aromatic carbocycles. The molecular formula is C33H45N5O7S. The monoisotopic (exact) mass is 655 g/mol. The first kappa shape index (κ1) is 35.1. The standard InChI is InChI=1S/C33H45N5O7S/c1-23-18-38(24(2)21-39)33(41)28-17-27(35-32(40)26-12-7-6-8-13-26)14-15-29(28)45-25(3)11-9-10-16-44-30(23)19-37(5)46(42,43)31-20-36(4)22-34-31/h6-8,12-15,17,20,22-25,30,39H,9-11,16,18-19,21H2,1-5H3,(H,35,40)/t23-,24+,25-,30+/m1/s1. The fourth-order valence-electron chi connectivity index (χ4n) is 5.29. The topological polar surface area (TPSA) is 143 Å². The summed E-state index contributed by atoms with van der Waals surface area (Å²) in [5.74, 6) is -0.658. The number of nitrogens with zero attached hydrogens (tertiary/aromatic N) is 4. The Hall–Kier alpha value is -3.78. The molecule has 13 heteroatoms. The van der Waals surface area contributed by atoms with Gasteiger partial charge >= 0.3 is 0 Å². The van der Waals surface area contributed by atoms with E-state index in [4.69, 9.17) is 9.47 Å². The molecule has 0 saturated heterocycles. The van der Waals surface area contributed by atoms with Crippen molar-refractivity contribution in [2.45, 2.75) is 63.3 Å². The van der Waals surface area contributed by atoms with Crippen molar-refractivity contribution < 1.29 is 32.6 Å². The van der Waals surface area contributed by atoms with Gasteiger partial charge in [-0.1, -0.05) is 25.1 Å². The molecule has 1 aliphatic rings. The highest BCUT2D eigenvalue weighted by Gasteiger charge is 2.33. The van der Waals surface area contributed by atoms with Gasteiger partial charge in [0.15, 0.2) is 5.03 Å². The van der Waals surface area contributed by atoms with Gasteiger partial charge in [0.1, 0.15) is 5.75 Å². The second-order valence-corrected chi connectivity index (χ2v) is 14.0. The third-order valence-electron chi connectivity index (χ3n) is 8.14. The van der Waals surface area contributed by atoms with Gasteiger partial charge in [0.05, 0.1) is 36.7 Å². The number of imidazole rings is 1. The van der Waals surface area contributed by atoms with Gasteiger partial charge in [0, 0.05) is 57.2 Å². The Kier molecular flexibility index (Phi) is 12.0. The van der Waals surface area contributed by atoms with Crippen molar-refractivity contribution in [3.63, 3.8) is 0 Å². The minimum atomic E-state index is -3.88. The first-order valence-corrected chi connectivity index (χ1v) is 17.0. The Morgan fingerprint density at radius 2 is 1.91 bits per heavy atom. The molecule has 0 aliphatic carbocycles. The molecule has 1 aliphatic heterocycles. The maximum Gasteiger partial charge on any atom is 0.261 e. The van der Waals surface area contributed by atoms with Crippen molar-refractivity contribution in [2.24, 2.45) is 13.0 Å². The van der Waals surface area contributed by atoms with Crippen LogP contribution < -0.4 is 10.1 Å². The molecule has 2 heterocycles. The zero-order valence-corrected chi connectivity index (χ0v) is 27.9. The van der Waals surface area contributed by atoms with Crippen LogP contribution in [0.15, 0.2) is 66.1 Å². The number of likely N-dealkylation sites (N-methyl/N-ethyl adjacent to an activating group) is 1. The van der Waals surface area contributed by atoms with Crippen LogP contribution in [-0.2, 0) is 21.8 Å². The van der Waals surface area contributed by atoms with Crippen molar-refractivity contribution in [1.82, 2.24) is 18.8 Å². The van der Waals surface area contributed by atoms with Crippen molar-refractivity contribution in [3.8, 4) is 5.75 Å². The number of ether oxygens (including phenoxy) is 2. The van der Waals surface area contributed by atoms with Gasteiger partial charge in [-0.2, -0.15) is 4.31 Å². The number of aryl methyl sites for hydroxylation is 1. The number of aliphatic hydroxyl groups excluding tert-OH is 1. The van der Waals surface area contributed by atoms with Crippen LogP contribution in [-0.4, -0.2) is 95.7 Å². The highest BCUT2D eigenvalue weighted by Crippen LogP contribution is 2.29. The summed E-state index contributed by atoms with van der Waals surface area (Å²) in [4.78, 5) is 32.8. The van der Waals surface area contributed by atoms with Crippen LogP contribution in [0.1, 0.15) is 60.7 Å². The summed E-state index contributed by atoms with van der Waals surface area (Å²) in [6.45, 7) is 5.89. The molecule has 0 spiro atoms. The van der Waals surface area contributed by atoms with E-state index < -0.39 is 28.1 Å². The summed E-state index contributed by atoms with van der Waals surface area (Å²) in [6, 6.07) is 13.2. The highest BCUT2D eigenvalue weighted by molar-refractivity contribution is 7.89. The van der Waals surface area contributed by atoms with E-state index >= 15 is 0 Å². The van der Waals surface area contributed by atoms with Gasteiger partial charge in [-0.05, 0) is 63.4 Å². The molecule has 250 valence electrons. The Morgan fingerprint density at radius 1 is 1.17 bits per heavy atom. The lowest BCUT2D eigenvalue weighted by molar-refractivity contribution is -0.00835. The maximum absolute atomic E-state index is 14.3. The van der Waals surface area contributed by atoms with Crippen LogP contribution in [0.5, 0.6) is 5.75 Å². The van der Waals surface area contributed by atoms with Gasteiger partial charge < -0.3 is 29.4 Å². The third kappa shape index (κ3) is 8.72. The van der Waals surface area contributed by atoms with E-state index in [0.29, 0.717) is 30.0 Å². The number of benzene rings is 2. The molecule has 3 aromatic rings. The number of nitrogens with one attached hydrogen (secondary N) is 1. The average Bonchev–Trinajstić information content (AvgIpc) is 3.49. The fourth-order valence-corrected chi connectivity index (χ4v) is 6.43. The zero-order valence-electron chi connectivity index (χ0n) is 27.1. The van der Waals surface area contributed by atoms with Crippen molar-refractivity contribution >= 4 is 27.5 Å². The number of carbonyl (C=O) groups is 2. The molecule has 0 bridgehead atoms. The van der Waals surface area contributed by atoms with Gasteiger partial charge in [0.2, 0.25) is 0 Å². The van der Waals surface area contributed by atoms with Crippen LogP contribution in [0.3, 0.4) is 0 Å². The summed E-state index contributed by atoms with van der Waals surface area (Å²) in [5, 5.41) is 13.0. The Balaban J connectivity index is 1.65. The number of carbonyl (C=O) groups excluding carboxylic acids is 2. The van der Waals surface area contributed by atoms with Gasteiger partial charge in [-0.25, -0.2) is 13.4 Å². The minimum absolute atomic E-state index is 0.0430. The smallest absolute Gasteiger partial charge is 0.261 e. The van der Waals surface area contributed by atoms with Gasteiger partial charge in [-0.3, -0.25) is 9.59 Å². The number of amides is 2. The van der Waals surface area contributed by atoms with E-state index in [1.807, 2.05) is 19.9 Å². The van der Waals surface area contributed by atoms with Crippen LogP contribution in [0.2, 0.25) is 0 Å². The normalized spacial score (nSPS) is 20.8. The molecule has 0 saturated carbocycles. The van der Waals surface area contributed by atoms with E-state index in [9.17, 15) is 23.1 Å². The number of aliphatic hydroxyl groups is 1. The summed E-state index contributed by atoms with van der Waals surface area (Å²) < 4.78 is 41.9. The molecule has 12 nitrogen and oxygen atoms in total. The lowest BCUT2D eigenvalue weighted by atomic mass is 10.0. The summed E-state index contributed by atoms with van der Waals surface area (Å²) >= 11 is 0. The molecule has 4 atom stereocenters. The van der Waals surface area contributed by atoms with Gasteiger partial charge in [0.25, 0.3) is 21.8 Å². The molecule has 0 unspecified atom stereocenters. The van der Waals surface area contributed by atoms with Crippen molar-refractivity contribution in [2.75, 3.05) is 38.7 Å². The average molecular weight is 656 g/mol. The van der Waals surface area contributed by atoms with Crippen LogP contribution in [0.25, 0.3) is 0 Å². The summed E-state index contributed by atoms with van der Waals surface area (Å²) in [5.41, 5.74) is 1.14. The SMILES string of the molecule is C[C@@H]1CCCCO[C@@H](CN(C)S(=O)(=O)c2cn(C)cn2)[C@H](C)CN([C@@H](C)CO)C(=O)c2cc(NC(=O)c3ccccc3)ccc2O1. The van der Waals surface area contributed by atoms with Crippen LogP contribution in [0.4, 0.5) is 5.69 Å². The predicted molar refractivity (Wildman–Crippen MR) is 174 cm³/mol. The number of hydrogen-bond acceptors (Lipinski definition) is 8. The van der Waals surface area contributed by atoms with E-state index in [-0.39, 0.29) is 48.2 Å². The molecule has 4 rings (SSSR count). The predicted octanol–water partition coefficient (Wildman–Crippen LogP) is 3.79. The molecule has 2 amide bonds.